The van der Waals surface area contributed by atoms with Crippen LogP contribution in [0.1, 0.15) is 10.5 Å². The Morgan fingerprint density at radius 2 is 2.33 bits per heavy atom. The Labute approximate surface area is 93.2 Å². The van der Waals surface area contributed by atoms with Crippen molar-refractivity contribution in [3.63, 3.8) is 0 Å². The smallest absolute Gasteiger partial charge is 0.357 e. The van der Waals surface area contributed by atoms with Crippen LogP contribution in [0, 0.1) is 0 Å². The van der Waals surface area contributed by atoms with E-state index < -0.39 is 5.97 Å². The number of carboxylic acids is 1. The summed E-state index contributed by atoms with van der Waals surface area (Å²) in [5.74, 6) is -0.499. The second-order valence-electron chi connectivity index (χ2n) is 2.88. The van der Waals surface area contributed by atoms with Gasteiger partial charge >= 0.3 is 5.97 Å². The molecule has 1 aromatic heterocycles. The number of rotatable bonds is 2. The molecule has 0 unspecified atom stereocenters. The monoisotopic (exact) mass is 270 g/mol. The Kier molecular flexibility index (Phi) is 2.36. The molecular formula is C9H7BrN2O3. The second-order valence-corrected chi connectivity index (χ2v) is 3.67. The lowest BCUT2D eigenvalue weighted by atomic mass is 10.2. The van der Waals surface area contributed by atoms with E-state index in [0.717, 1.165) is 0 Å². The van der Waals surface area contributed by atoms with Gasteiger partial charge in [0.2, 0.25) is 0 Å². The minimum absolute atomic E-state index is 0.0178. The predicted molar refractivity (Wildman–Crippen MR) is 57.3 cm³/mol. The zero-order chi connectivity index (χ0) is 11.0. The third-order valence-electron chi connectivity index (χ3n) is 2.05. The molecule has 0 spiro atoms. The molecule has 0 fully saturated rings. The summed E-state index contributed by atoms with van der Waals surface area (Å²) in [6.45, 7) is 0. The van der Waals surface area contributed by atoms with E-state index in [1.54, 1.807) is 12.1 Å². The molecule has 0 saturated carbocycles. The zero-order valence-corrected chi connectivity index (χ0v) is 9.33. The number of halogens is 1. The van der Waals surface area contributed by atoms with Gasteiger partial charge in [0, 0.05) is 0 Å². The number of methoxy groups -OCH3 is 1. The standard InChI is InChI=1S/C9H7BrN2O3/c1-15-5-3-2-4-6(7(5)10)8(9(13)14)12-11-4/h2-3H,1H3,(H,11,12)(H,13,14). The van der Waals surface area contributed by atoms with Crippen LogP contribution in [0.4, 0.5) is 0 Å². The molecule has 1 heterocycles. The number of aromatic carboxylic acids is 1. The third-order valence-corrected chi connectivity index (χ3v) is 2.84. The van der Waals surface area contributed by atoms with Crippen molar-refractivity contribution in [2.45, 2.75) is 0 Å². The highest BCUT2D eigenvalue weighted by Crippen LogP contribution is 2.33. The maximum atomic E-state index is 10.9. The van der Waals surface area contributed by atoms with Crippen LogP contribution in [-0.4, -0.2) is 28.4 Å². The van der Waals surface area contributed by atoms with Crippen molar-refractivity contribution in [3.05, 3.63) is 22.3 Å². The van der Waals surface area contributed by atoms with E-state index in [2.05, 4.69) is 26.1 Å². The largest absolute Gasteiger partial charge is 0.496 e. The average Bonchev–Trinajstić information content (AvgIpc) is 2.63. The Morgan fingerprint density at radius 1 is 1.60 bits per heavy atom. The number of H-pyrrole nitrogens is 1. The van der Waals surface area contributed by atoms with Gasteiger partial charge < -0.3 is 9.84 Å². The molecule has 6 heteroatoms. The number of fused-ring (bicyclic) bond motifs is 1. The van der Waals surface area contributed by atoms with E-state index in [4.69, 9.17) is 9.84 Å². The molecule has 2 aromatic rings. The molecule has 15 heavy (non-hydrogen) atoms. The van der Waals surface area contributed by atoms with Gasteiger partial charge in [-0.1, -0.05) is 0 Å². The van der Waals surface area contributed by atoms with Crippen molar-refractivity contribution in [2.75, 3.05) is 7.11 Å². The fraction of sp³-hybridized carbons (Fsp3) is 0.111. The number of benzene rings is 1. The lowest BCUT2D eigenvalue weighted by Gasteiger charge is -2.03. The minimum Gasteiger partial charge on any atom is -0.496 e. The van der Waals surface area contributed by atoms with E-state index in [1.807, 2.05) is 0 Å². The highest BCUT2D eigenvalue weighted by atomic mass is 79.9. The molecule has 2 rings (SSSR count). The molecule has 0 aliphatic rings. The molecule has 0 aliphatic carbocycles. The summed E-state index contributed by atoms with van der Waals surface area (Å²) in [4.78, 5) is 10.9. The predicted octanol–water partition coefficient (Wildman–Crippen LogP) is 2.03. The summed E-state index contributed by atoms with van der Waals surface area (Å²) >= 11 is 3.29. The number of carboxylic acid groups (broad SMARTS) is 1. The highest BCUT2D eigenvalue weighted by molar-refractivity contribution is 9.10. The van der Waals surface area contributed by atoms with E-state index in [-0.39, 0.29) is 5.69 Å². The summed E-state index contributed by atoms with van der Waals surface area (Å²) < 4.78 is 5.67. The molecule has 5 nitrogen and oxygen atoms in total. The minimum atomic E-state index is -1.07. The first-order chi connectivity index (χ1) is 7.15. The van der Waals surface area contributed by atoms with Crippen LogP contribution >= 0.6 is 15.9 Å². The van der Waals surface area contributed by atoms with Crippen molar-refractivity contribution < 1.29 is 14.6 Å². The fourth-order valence-electron chi connectivity index (χ4n) is 1.37. The Balaban J connectivity index is 2.82. The number of carbonyl (C=O) groups is 1. The van der Waals surface area contributed by atoms with Crippen LogP contribution in [0.5, 0.6) is 5.75 Å². The zero-order valence-electron chi connectivity index (χ0n) is 7.74. The van der Waals surface area contributed by atoms with E-state index in [0.29, 0.717) is 21.1 Å². The molecular weight excluding hydrogens is 264 g/mol. The second kappa shape index (κ2) is 3.54. The van der Waals surface area contributed by atoms with Gasteiger partial charge in [-0.25, -0.2) is 4.79 Å². The van der Waals surface area contributed by atoms with Gasteiger partial charge in [-0.15, -0.1) is 0 Å². The number of hydrogen-bond acceptors (Lipinski definition) is 3. The summed E-state index contributed by atoms with van der Waals surface area (Å²) in [5, 5.41) is 15.8. The lowest BCUT2D eigenvalue weighted by Crippen LogP contribution is -1.97. The van der Waals surface area contributed by atoms with Gasteiger partial charge in [-0.2, -0.15) is 5.10 Å². The summed E-state index contributed by atoms with van der Waals surface area (Å²) in [6, 6.07) is 3.45. The molecule has 0 amide bonds. The Morgan fingerprint density at radius 3 is 2.93 bits per heavy atom. The average molecular weight is 271 g/mol. The molecule has 0 bridgehead atoms. The number of nitrogens with zero attached hydrogens (tertiary/aromatic N) is 1. The molecule has 78 valence electrons. The number of hydrogen-bond donors (Lipinski definition) is 2. The molecule has 0 radical (unpaired) electrons. The topological polar surface area (TPSA) is 75.2 Å². The van der Waals surface area contributed by atoms with Gasteiger partial charge in [0.1, 0.15) is 5.75 Å². The van der Waals surface area contributed by atoms with Crippen LogP contribution in [0.25, 0.3) is 10.9 Å². The molecule has 0 aliphatic heterocycles. The van der Waals surface area contributed by atoms with E-state index in [1.165, 1.54) is 7.11 Å². The summed E-state index contributed by atoms with van der Waals surface area (Å²) in [5.41, 5.74) is 0.635. The molecule has 0 saturated heterocycles. The van der Waals surface area contributed by atoms with Crippen molar-refractivity contribution in [1.29, 1.82) is 0 Å². The van der Waals surface area contributed by atoms with Gasteiger partial charge in [-0.05, 0) is 28.1 Å². The van der Waals surface area contributed by atoms with Crippen LogP contribution in [0.3, 0.4) is 0 Å². The number of aromatic nitrogens is 2. The van der Waals surface area contributed by atoms with Gasteiger partial charge in [0.25, 0.3) is 0 Å². The van der Waals surface area contributed by atoms with Gasteiger partial charge in [0.15, 0.2) is 5.69 Å². The lowest BCUT2D eigenvalue weighted by molar-refractivity contribution is 0.0692. The van der Waals surface area contributed by atoms with E-state index in [9.17, 15) is 4.79 Å². The SMILES string of the molecule is COc1ccc2[nH]nc(C(=O)O)c2c1Br. The number of nitrogens with one attached hydrogen (secondary N) is 1. The first-order valence-corrected chi connectivity index (χ1v) is 4.88. The van der Waals surface area contributed by atoms with Crippen LogP contribution in [0.15, 0.2) is 16.6 Å². The van der Waals surface area contributed by atoms with Gasteiger partial charge in [-0.3, -0.25) is 5.10 Å². The Hall–Kier alpha value is -1.56. The van der Waals surface area contributed by atoms with Crippen molar-refractivity contribution in [3.8, 4) is 5.75 Å². The Bertz CT molecular complexity index is 535. The van der Waals surface area contributed by atoms with Crippen LogP contribution < -0.4 is 4.74 Å². The maximum absolute atomic E-state index is 10.9. The van der Waals surface area contributed by atoms with Crippen LogP contribution in [-0.2, 0) is 0 Å². The first kappa shape index (κ1) is 9.97. The fourth-order valence-corrected chi connectivity index (χ4v) is 2.06. The molecule has 1 aromatic carbocycles. The number of aromatic amines is 1. The molecule has 2 N–H and O–H groups in total. The van der Waals surface area contributed by atoms with Crippen LogP contribution in [0.2, 0.25) is 0 Å². The summed E-state index contributed by atoms with van der Waals surface area (Å²) in [6.07, 6.45) is 0. The maximum Gasteiger partial charge on any atom is 0.357 e. The molecule has 0 atom stereocenters. The number of ether oxygens (including phenoxy) is 1. The third kappa shape index (κ3) is 1.46. The van der Waals surface area contributed by atoms with Crippen molar-refractivity contribution >= 4 is 32.8 Å². The highest BCUT2D eigenvalue weighted by Gasteiger charge is 2.17. The summed E-state index contributed by atoms with van der Waals surface area (Å²) in [7, 11) is 1.52. The van der Waals surface area contributed by atoms with Crippen molar-refractivity contribution in [2.24, 2.45) is 0 Å². The van der Waals surface area contributed by atoms with Crippen molar-refractivity contribution in [1.82, 2.24) is 10.2 Å². The van der Waals surface area contributed by atoms with Gasteiger partial charge in [0.05, 0.1) is 22.5 Å². The normalized spacial score (nSPS) is 10.5. The quantitative estimate of drug-likeness (QED) is 0.876. The van der Waals surface area contributed by atoms with E-state index >= 15 is 0 Å². The first-order valence-electron chi connectivity index (χ1n) is 4.09.